The van der Waals surface area contributed by atoms with Gasteiger partial charge in [0.15, 0.2) is 23.3 Å². The summed E-state index contributed by atoms with van der Waals surface area (Å²) >= 11 is 0. The molecule has 0 bridgehead atoms. The molecule has 0 spiro atoms. The number of hydrogen-bond acceptors (Lipinski definition) is 4. The summed E-state index contributed by atoms with van der Waals surface area (Å²) in [6, 6.07) is 0. The Morgan fingerprint density at radius 3 is 1.28 bits per heavy atom. The number of rotatable bonds is 2. The highest BCUT2D eigenvalue weighted by molar-refractivity contribution is 5.77. The Balaban J connectivity index is 2.93. The van der Waals surface area contributed by atoms with Gasteiger partial charge in [0.25, 0.3) is 11.8 Å². The fourth-order valence-electron chi connectivity index (χ4n) is 1.38. The van der Waals surface area contributed by atoms with Crippen LogP contribution in [0.25, 0.3) is 11.0 Å². The van der Waals surface area contributed by atoms with Crippen LogP contribution in [0.15, 0.2) is 0 Å². The molecule has 4 nitrogen and oxygen atoms in total. The minimum Gasteiger partial charge on any atom is -0.477 e. The van der Waals surface area contributed by atoms with Crippen molar-refractivity contribution in [2.75, 3.05) is 14.2 Å². The number of hydrogen-bond donors (Lipinski definition) is 0. The summed E-state index contributed by atoms with van der Waals surface area (Å²) in [4.78, 5) is 6.99. The molecule has 0 unspecified atom stereocenters. The SMILES string of the molecule is COc1nc2c(F)c(F)c(F)c(F)c2nc1OC. The molecule has 18 heavy (non-hydrogen) atoms. The summed E-state index contributed by atoms with van der Waals surface area (Å²) in [5.41, 5.74) is -1.55. The topological polar surface area (TPSA) is 44.2 Å². The van der Waals surface area contributed by atoms with Crippen LogP contribution < -0.4 is 9.47 Å². The van der Waals surface area contributed by atoms with E-state index in [1.807, 2.05) is 0 Å². The first-order valence-electron chi connectivity index (χ1n) is 4.63. The fourth-order valence-corrected chi connectivity index (χ4v) is 1.38. The maximum atomic E-state index is 13.4. The lowest BCUT2D eigenvalue weighted by Crippen LogP contribution is -2.04. The van der Waals surface area contributed by atoms with Crippen molar-refractivity contribution in [1.82, 2.24) is 9.97 Å². The van der Waals surface area contributed by atoms with Crippen LogP contribution in [0, 0.1) is 23.3 Å². The van der Waals surface area contributed by atoms with Crippen molar-refractivity contribution in [2.24, 2.45) is 0 Å². The molecule has 0 fully saturated rings. The van der Waals surface area contributed by atoms with E-state index in [4.69, 9.17) is 9.47 Å². The maximum Gasteiger partial charge on any atom is 0.278 e. The van der Waals surface area contributed by atoms with Gasteiger partial charge in [-0.2, -0.15) is 0 Å². The van der Waals surface area contributed by atoms with E-state index in [2.05, 4.69) is 9.97 Å². The van der Waals surface area contributed by atoms with E-state index >= 15 is 0 Å². The predicted octanol–water partition coefficient (Wildman–Crippen LogP) is 2.20. The van der Waals surface area contributed by atoms with Crippen LogP contribution in [-0.4, -0.2) is 24.2 Å². The maximum absolute atomic E-state index is 13.4. The number of benzene rings is 1. The summed E-state index contributed by atoms with van der Waals surface area (Å²) in [6.45, 7) is 0. The van der Waals surface area contributed by atoms with Gasteiger partial charge in [0.1, 0.15) is 11.0 Å². The molecule has 96 valence electrons. The second-order valence-electron chi connectivity index (χ2n) is 3.20. The molecule has 0 amide bonds. The summed E-state index contributed by atoms with van der Waals surface area (Å²) in [6.07, 6.45) is 0. The minimum atomic E-state index is -1.96. The molecule has 8 heteroatoms. The highest BCUT2D eigenvalue weighted by Gasteiger charge is 2.24. The van der Waals surface area contributed by atoms with E-state index in [0.717, 1.165) is 0 Å². The van der Waals surface area contributed by atoms with E-state index in [1.165, 1.54) is 14.2 Å². The molecule has 0 radical (unpaired) electrons. The lowest BCUT2D eigenvalue weighted by atomic mass is 10.2. The van der Waals surface area contributed by atoms with E-state index in [9.17, 15) is 17.6 Å². The smallest absolute Gasteiger partial charge is 0.278 e. The van der Waals surface area contributed by atoms with Gasteiger partial charge < -0.3 is 9.47 Å². The summed E-state index contributed by atoms with van der Waals surface area (Å²) < 4.78 is 62.3. The molecule has 1 aromatic carbocycles. The van der Waals surface area contributed by atoms with E-state index in [1.54, 1.807) is 0 Å². The molecule has 0 N–H and O–H groups in total. The molecular weight excluding hydrogens is 256 g/mol. The van der Waals surface area contributed by atoms with Gasteiger partial charge in [0, 0.05) is 0 Å². The number of aromatic nitrogens is 2. The average molecular weight is 262 g/mol. The highest BCUT2D eigenvalue weighted by Crippen LogP contribution is 2.30. The summed E-state index contributed by atoms with van der Waals surface area (Å²) in [5, 5.41) is 0. The van der Waals surface area contributed by atoms with Crippen LogP contribution in [0.2, 0.25) is 0 Å². The monoisotopic (exact) mass is 262 g/mol. The van der Waals surface area contributed by atoms with Crippen LogP contribution in [0.1, 0.15) is 0 Å². The third kappa shape index (κ3) is 1.60. The molecule has 2 rings (SSSR count). The van der Waals surface area contributed by atoms with E-state index in [-0.39, 0.29) is 11.8 Å². The standard InChI is InChI=1S/C10H6F4N2O2/c1-17-9-10(18-2)16-8-6(14)4(12)3(11)5(13)7(8)15-9/h1-2H3. The molecule has 0 atom stereocenters. The molecule has 0 aliphatic carbocycles. The quantitative estimate of drug-likeness (QED) is 0.473. The lowest BCUT2D eigenvalue weighted by molar-refractivity contribution is 0.332. The van der Waals surface area contributed by atoms with Crippen molar-refractivity contribution in [3.63, 3.8) is 0 Å². The first-order valence-corrected chi connectivity index (χ1v) is 4.63. The van der Waals surface area contributed by atoms with Gasteiger partial charge in [-0.3, -0.25) is 0 Å². The first-order chi connectivity index (χ1) is 8.51. The Bertz CT molecular complexity index is 579. The molecule has 1 heterocycles. The Hall–Kier alpha value is -2.12. The largest absolute Gasteiger partial charge is 0.477 e. The fraction of sp³-hybridized carbons (Fsp3) is 0.200. The molecule has 0 saturated heterocycles. The average Bonchev–Trinajstić information content (AvgIpc) is 2.41. The molecule has 2 aromatic rings. The molecular formula is C10H6F4N2O2. The zero-order chi connectivity index (χ0) is 13.4. The van der Waals surface area contributed by atoms with Gasteiger partial charge in [-0.1, -0.05) is 0 Å². The van der Waals surface area contributed by atoms with Crippen LogP contribution in [0.4, 0.5) is 17.6 Å². The van der Waals surface area contributed by atoms with E-state index < -0.39 is 34.3 Å². The number of nitrogens with zero attached hydrogens (tertiary/aromatic N) is 2. The van der Waals surface area contributed by atoms with Gasteiger partial charge in [-0.15, -0.1) is 0 Å². The van der Waals surface area contributed by atoms with Crippen molar-refractivity contribution < 1.29 is 27.0 Å². The highest BCUT2D eigenvalue weighted by atomic mass is 19.2. The lowest BCUT2D eigenvalue weighted by Gasteiger charge is -2.08. The third-order valence-corrected chi connectivity index (χ3v) is 2.21. The Labute approximate surface area is 98.2 Å². The second kappa shape index (κ2) is 4.28. The van der Waals surface area contributed by atoms with Crippen molar-refractivity contribution in [1.29, 1.82) is 0 Å². The third-order valence-electron chi connectivity index (χ3n) is 2.21. The first kappa shape index (κ1) is 12.3. The molecule has 1 aromatic heterocycles. The van der Waals surface area contributed by atoms with Crippen molar-refractivity contribution >= 4 is 11.0 Å². The predicted molar refractivity (Wildman–Crippen MR) is 52.5 cm³/mol. The van der Waals surface area contributed by atoms with Gasteiger partial charge in [0.05, 0.1) is 14.2 Å². The van der Waals surface area contributed by atoms with Crippen LogP contribution >= 0.6 is 0 Å². The van der Waals surface area contributed by atoms with Crippen molar-refractivity contribution in [3.8, 4) is 11.8 Å². The number of halogens is 4. The van der Waals surface area contributed by atoms with Crippen molar-refractivity contribution in [2.45, 2.75) is 0 Å². The van der Waals surface area contributed by atoms with E-state index in [0.29, 0.717) is 0 Å². The summed E-state index contributed by atoms with van der Waals surface area (Å²) in [5.74, 6) is -7.73. The molecule has 0 aliphatic rings. The second-order valence-corrected chi connectivity index (χ2v) is 3.20. The zero-order valence-electron chi connectivity index (χ0n) is 9.22. The minimum absolute atomic E-state index is 0.269. The summed E-state index contributed by atoms with van der Waals surface area (Å²) in [7, 11) is 2.37. The van der Waals surface area contributed by atoms with Gasteiger partial charge in [0.2, 0.25) is 0 Å². The van der Waals surface area contributed by atoms with Crippen LogP contribution in [0.3, 0.4) is 0 Å². The normalized spacial score (nSPS) is 10.8. The Morgan fingerprint density at radius 1 is 0.667 bits per heavy atom. The van der Waals surface area contributed by atoms with Gasteiger partial charge in [-0.05, 0) is 0 Å². The van der Waals surface area contributed by atoms with Crippen LogP contribution in [-0.2, 0) is 0 Å². The number of methoxy groups -OCH3 is 2. The molecule has 0 saturated carbocycles. The zero-order valence-corrected chi connectivity index (χ0v) is 9.22. The Kier molecular flexibility index (Phi) is 2.93. The molecule has 0 aliphatic heterocycles. The van der Waals surface area contributed by atoms with Gasteiger partial charge in [-0.25, -0.2) is 27.5 Å². The van der Waals surface area contributed by atoms with Gasteiger partial charge >= 0.3 is 0 Å². The Morgan fingerprint density at radius 2 is 1.00 bits per heavy atom. The number of fused-ring (bicyclic) bond motifs is 1. The van der Waals surface area contributed by atoms with Crippen LogP contribution in [0.5, 0.6) is 11.8 Å². The van der Waals surface area contributed by atoms with Crippen molar-refractivity contribution in [3.05, 3.63) is 23.3 Å². The number of ether oxygens (including phenoxy) is 2.